The number of unbranched alkanes of at least 4 members (excludes halogenated alkanes) is 1. The Morgan fingerprint density at radius 2 is 1.82 bits per heavy atom. The first-order valence-corrected chi connectivity index (χ1v) is 6.54. The molecule has 0 spiro atoms. The van der Waals surface area contributed by atoms with E-state index in [9.17, 15) is 0 Å². The Labute approximate surface area is 105 Å². The summed E-state index contributed by atoms with van der Waals surface area (Å²) in [7, 11) is 0. The lowest BCUT2D eigenvalue weighted by atomic mass is 10.3. The summed E-state index contributed by atoms with van der Waals surface area (Å²) in [6.45, 7) is 8.05. The molecule has 3 heteroatoms. The minimum Gasteiger partial charge on any atom is -0.494 e. The predicted molar refractivity (Wildman–Crippen MR) is 73.9 cm³/mol. The summed E-state index contributed by atoms with van der Waals surface area (Å²) in [5.74, 6) is 0.954. The van der Waals surface area contributed by atoms with E-state index in [0.717, 1.165) is 44.1 Å². The molecule has 0 heterocycles. The minimum atomic E-state index is 0.809. The lowest BCUT2D eigenvalue weighted by molar-refractivity contribution is 0.309. The SMILES string of the molecule is CCCCOc1ccc(NCCNCC)cc1. The van der Waals surface area contributed by atoms with Crippen molar-refractivity contribution in [2.45, 2.75) is 26.7 Å². The Morgan fingerprint density at radius 3 is 2.47 bits per heavy atom. The molecule has 0 saturated carbocycles. The number of benzene rings is 1. The normalized spacial score (nSPS) is 10.2. The van der Waals surface area contributed by atoms with Crippen LogP contribution in [-0.4, -0.2) is 26.2 Å². The third-order valence-electron chi connectivity index (χ3n) is 2.50. The standard InChI is InChI=1S/C14H24N2O/c1-3-5-12-17-14-8-6-13(7-9-14)16-11-10-15-4-2/h6-9,15-16H,3-5,10-12H2,1-2H3. The quantitative estimate of drug-likeness (QED) is 0.647. The van der Waals surface area contributed by atoms with Crippen LogP contribution in [-0.2, 0) is 0 Å². The van der Waals surface area contributed by atoms with Crippen molar-refractivity contribution in [2.75, 3.05) is 31.6 Å². The van der Waals surface area contributed by atoms with Crippen LogP contribution in [0.2, 0.25) is 0 Å². The maximum Gasteiger partial charge on any atom is 0.119 e. The van der Waals surface area contributed by atoms with Crippen LogP contribution in [0.3, 0.4) is 0 Å². The number of likely N-dealkylation sites (N-methyl/N-ethyl adjacent to an activating group) is 1. The van der Waals surface area contributed by atoms with Gasteiger partial charge in [0, 0.05) is 18.8 Å². The molecule has 0 fully saturated rings. The second-order valence-corrected chi connectivity index (χ2v) is 4.01. The van der Waals surface area contributed by atoms with Gasteiger partial charge in [-0.25, -0.2) is 0 Å². The number of hydrogen-bond donors (Lipinski definition) is 2. The van der Waals surface area contributed by atoms with E-state index < -0.39 is 0 Å². The maximum atomic E-state index is 5.60. The highest BCUT2D eigenvalue weighted by Crippen LogP contribution is 2.15. The van der Waals surface area contributed by atoms with Crippen LogP contribution in [0.1, 0.15) is 26.7 Å². The molecule has 0 aliphatic heterocycles. The summed E-state index contributed by atoms with van der Waals surface area (Å²) in [6, 6.07) is 8.16. The molecule has 0 bridgehead atoms. The summed E-state index contributed by atoms with van der Waals surface area (Å²) < 4.78 is 5.60. The molecule has 3 nitrogen and oxygen atoms in total. The van der Waals surface area contributed by atoms with Crippen LogP contribution in [0.5, 0.6) is 5.75 Å². The van der Waals surface area contributed by atoms with E-state index in [0.29, 0.717) is 0 Å². The first kappa shape index (κ1) is 13.8. The van der Waals surface area contributed by atoms with Gasteiger partial charge in [0.1, 0.15) is 5.75 Å². The average Bonchev–Trinajstić information content (AvgIpc) is 2.37. The van der Waals surface area contributed by atoms with Crippen LogP contribution in [0.25, 0.3) is 0 Å². The highest BCUT2D eigenvalue weighted by molar-refractivity contribution is 5.46. The third-order valence-corrected chi connectivity index (χ3v) is 2.50. The fourth-order valence-corrected chi connectivity index (χ4v) is 1.48. The second-order valence-electron chi connectivity index (χ2n) is 4.01. The van der Waals surface area contributed by atoms with Gasteiger partial charge in [-0.1, -0.05) is 20.3 Å². The molecule has 1 aromatic carbocycles. The van der Waals surface area contributed by atoms with E-state index in [2.05, 4.69) is 36.6 Å². The smallest absolute Gasteiger partial charge is 0.119 e. The maximum absolute atomic E-state index is 5.60. The highest BCUT2D eigenvalue weighted by atomic mass is 16.5. The molecule has 1 rings (SSSR count). The Bertz CT molecular complexity index is 285. The Balaban J connectivity index is 2.24. The van der Waals surface area contributed by atoms with Crippen LogP contribution in [0.15, 0.2) is 24.3 Å². The van der Waals surface area contributed by atoms with E-state index >= 15 is 0 Å². The summed E-state index contributed by atoms with van der Waals surface area (Å²) in [5, 5.41) is 6.63. The van der Waals surface area contributed by atoms with E-state index in [1.165, 1.54) is 6.42 Å². The molecule has 0 aromatic heterocycles. The van der Waals surface area contributed by atoms with Crippen molar-refractivity contribution in [1.29, 1.82) is 0 Å². The van der Waals surface area contributed by atoms with Gasteiger partial charge in [-0.3, -0.25) is 0 Å². The van der Waals surface area contributed by atoms with Crippen molar-refractivity contribution in [3.63, 3.8) is 0 Å². The number of rotatable bonds is 9. The fourth-order valence-electron chi connectivity index (χ4n) is 1.48. The van der Waals surface area contributed by atoms with Gasteiger partial charge in [-0.05, 0) is 37.2 Å². The van der Waals surface area contributed by atoms with Crippen molar-refractivity contribution < 1.29 is 4.74 Å². The summed E-state index contributed by atoms with van der Waals surface area (Å²) in [5.41, 5.74) is 1.14. The second kappa shape index (κ2) is 8.88. The Morgan fingerprint density at radius 1 is 1.06 bits per heavy atom. The molecular weight excluding hydrogens is 212 g/mol. The van der Waals surface area contributed by atoms with Gasteiger partial charge < -0.3 is 15.4 Å². The molecular formula is C14H24N2O. The van der Waals surface area contributed by atoms with Crippen LogP contribution in [0.4, 0.5) is 5.69 Å². The van der Waals surface area contributed by atoms with E-state index in [-0.39, 0.29) is 0 Å². The highest BCUT2D eigenvalue weighted by Gasteiger charge is 1.94. The minimum absolute atomic E-state index is 0.809. The summed E-state index contributed by atoms with van der Waals surface area (Å²) in [6.07, 6.45) is 2.28. The summed E-state index contributed by atoms with van der Waals surface area (Å²) in [4.78, 5) is 0. The fraction of sp³-hybridized carbons (Fsp3) is 0.571. The van der Waals surface area contributed by atoms with Gasteiger partial charge in [0.15, 0.2) is 0 Å². The number of hydrogen-bond acceptors (Lipinski definition) is 3. The largest absolute Gasteiger partial charge is 0.494 e. The molecule has 2 N–H and O–H groups in total. The van der Waals surface area contributed by atoms with Gasteiger partial charge in [0.05, 0.1) is 6.61 Å². The molecule has 0 radical (unpaired) electrons. The molecule has 96 valence electrons. The molecule has 0 aliphatic rings. The van der Waals surface area contributed by atoms with Gasteiger partial charge in [0.25, 0.3) is 0 Å². The zero-order valence-electron chi connectivity index (χ0n) is 11.0. The zero-order chi connectivity index (χ0) is 12.3. The van der Waals surface area contributed by atoms with E-state index in [1.54, 1.807) is 0 Å². The molecule has 0 aliphatic carbocycles. The number of anilines is 1. The number of ether oxygens (including phenoxy) is 1. The van der Waals surface area contributed by atoms with Crippen molar-refractivity contribution in [3.8, 4) is 5.75 Å². The first-order chi connectivity index (χ1) is 8.36. The van der Waals surface area contributed by atoms with Crippen LogP contribution < -0.4 is 15.4 Å². The van der Waals surface area contributed by atoms with Gasteiger partial charge in [-0.2, -0.15) is 0 Å². The van der Waals surface area contributed by atoms with Crippen molar-refractivity contribution in [2.24, 2.45) is 0 Å². The molecule has 1 aromatic rings. The first-order valence-electron chi connectivity index (χ1n) is 6.54. The zero-order valence-corrected chi connectivity index (χ0v) is 11.0. The topological polar surface area (TPSA) is 33.3 Å². The molecule has 0 amide bonds. The summed E-state index contributed by atoms with van der Waals surface area (Å²) >= 11 is 0. The van der Waals surface area contributed by atoms with E-state index in [1.807, 2.05) is 12.1 Å². The van der Waals surface area contributed by atoms with Crippen molar-refractivity contribution in [3.05, 3.63) is 24.3 Å². The molecule has 0 saturated heterocycles. The van der Waals surface area contributed by atoms with Crippen molar-refractivity contribution in [1.82, 2.24) is 5.32 Å². The predicted octanol–water partition coefficient (Wildman–Crippen LogP) is 2.89. The lowest BCUT2D eigenvalue weighted by Gasteiger charge is -2.08. The lowest BCUT2D eigenvalue weighted by Crippen LogP contribution is -2.21. The number of nitrogens with one attached hydrogen (secondary N) is 2. The van der Waals surface area contributed by atoms with Gasteiger partial charge >= 0.3 is 0 Å². The third kappa shape index (κ3) is 6.17. The molecule has 17 heavy (non-hydrogen) atoms. The van der Waals surface area contributed by atoms with Crippen LogP contribution in [0, 0.1) is 0 Å². The van der Waals surface area contributed by atoms with Gasteiger partial charge in [0.2, 0.25) is 0 Å². The monoisotopic (exact) mass is 236 g/mol. The average molecular weight is 236 g/mol. The van der Waals surface area contributed by atoms with Crippen molar-refractivity contribution >= 4 is 5.69 Å². The van der Waals surface area contributed by atoms with E-state index in [4.69, 9.17) is 4.74 Å². The Hall–Kier alpha value is -1.22. The Kier molecular flexibility index (Phi) is 7.23. The van der Waals surface area contributed by atoms with Crippen LogP contribution >= 0.6 is 0 Å². The van der Waals surface area contributed by atoms with Gasteiger partial charge in [-0.15, -0.1) is 0 Å². The molecule has 0 unspecified atom stereocenters. The molecule has 0 atom stereocenters.